The van der Waals surface area contributed by atoms with Crippen LogP contribution < -0.4 is 10.5 Å². The minimum atomic E-state index is -3.57. The number of hydrogen-bond donors (Lipinski definition) is 2. The molecule has 0 heterocycles. The molecule has 1 atom stereocenters. The number of anilines is 1. The summed E-state index contributed by atoms with van der Waals surface area (Å²) in [6.45, 7) is 2.27. The number of nitrogens with one attached hydrogen (secondary N) is 1. The Kier molecular flexibility index (Phi) is 5.40. The Balaban J connectivity index is 2.83. The van der Waals surface area contributed by atoms with Gasteiger partial charge in [0.05, 0.1) is 15.6 Å². The Bertz CT molecular complexity index is 505. The molecule has 3 N–H and O–H groups in total. The van der Waals surface area contributed by atoms with Crippen LogP contribution in [0.25, 0.3) is 0 Å². The number of rotatable bonds is 6. The van der Waals surface area contributed by atoms with Gasteiger partial charge in [-0.15, -0.1) is 0 Å². The molecular formula is C11H17ClN2O3S. The lowest BCUT2D eigenvalue weighted by atomic mass is 10.3. The Morgan fingerprint density at radius 2 is 2.17 bits per heavy atom. The van der Waals surface area contributed by atoms with Crippen LogP contribution in [0.1, 0.15) is 13.3 Å². The van der Waals surface area contributed by atoms with E-state index in [9.17, 15) is 8.42 Å². The van der Waals surface area contributed by atoms with E-state index < -0.39 is 10.0 Å². The van der Waals surface area contributed by atoms with Gasteiger partial charge in [-0.1, -0.05) is 11.6 Å². The monoisotopic (exact) mass is 292 g/mol. The van der Waals surface area contributed by atoms with Crippen molar-refractivity contribution in [2.24, 2.45) is 0 Å². The normalized spacial score (nSPS) is 13.5. The first kappa shape index (κ1) is 15.2. The number of ether oxygens (including phenoxy) is 1. The molecule has 102 valence electrons. The zero-order valence-electron chi connectivity index (χ0n) is 10.3. The van der Waals surface area contributed by atoms with Gasteiger partial charge in [0, 0.05) is 19.8 Å². The topological polar surface area (TPSA) is 81.4 Å². The summed E-state index contributed by atoms with van der Waals surface area (Å²) in [5, 5.41) is 0.224. The number of nitrogen functional groups attached to an aromatic ring is 1. The number of halogens is 1. The Labute approximate surface area is 112 Å². The standard InChI is InChI=1S/C11H17ClN2O3S/c1-8(5-6-17-2)14-18(15,16)9-3-4-11(13)10(12)7-9/h3-4,7-8,14H,5-6,13H2,1-2H3. The summed E-state index contributed by atoms with van der Waals surface area (Å²) in [7, 11) is -2.00. The quantitative estimate of drug-likeness (QED) is 0.781. The molecule has 0 radical (unpaired) electrons. The summed E-state index contributed by atoms with van der Waals surface area (Å²) in [4.78, 5) is 0.103. The van der Waals surface area contributed by atoms with Crippen molar-refractivity contribution in [3.63, 3.8) is 0 Å². The van der Waals surface area contributed by atoms with Gasteiger partial charge in [0.1, 0.15) is 0 Å². The molecular weight excluding hydrogens is 276 g/mol. The molecule has 0 bridgehead atoms. The van der Waals surface area contributed by atoms with E-state index in [2.05, 4.69) is 4.72 Å². The lowest BCUT2D eigenvalue weighted by Gasteiger charge is -2.14. The minimum Gasteiger partial charge on any atom is -0.398 e. The van der Waals surface area contributed by atoms with E-state index in [1.165, 1.54) is 18.2 Å². The van der Waals surface area contributed by atoms with Gasteiger partial charge in [0.2, 0.25) is 10.0 Å². The van der Waals surface area contributed by atoms with Gasteiger partial charge in [0.25, 0.3) is 0 Å². The molecule has 18 heavy (non-hydrogen) atoms. The average molecular weight is 293 g/mol. The highest BCUT2D eigenvalue weighted by Gasteiger charge is 2.18. The average Bonchev–Trinajstić information content (AvgIpc) is 2.29. The second kappa shape index (κ2) is 6.38. The number of hydrogen-bond acceptors (Lipinski definition) is 4. The van der Waals surface area contributed by atoms with E-state index in [4.69, 9.17) is 22.1 Å². The van der Waals surface area contributed by atoms with E-state index in [0.717, 1.165) is 0 Å². The van der Waals surface area contributed by atoms with Crippen molar-refractivity contribution in [3.05, 3.63) is 23.2 Å². The van der Waals surface area contributed by atoms with E-state index in [1.807, 2.05) is 0 Å². The van der Waals surface area contributed by atoms with Gasteiger partial charge < -0.3 is 10.5 Å². The smallest absolute Gasteiger partial charge is 0.240 e. The van der Waals surface area contributed by atoms with Crippen LogP contribution >= 0.6 is 11.6 Å². The van der Waals surface area contributed by atoms with Crippen LogP contribution in [-0.4, -0.2) is 28.2 Å². The van der Waals surface area contributed by atoms with Crippen LogP contribution in [-0.2, 0) is 14.8 Å². The Morgan fingerprint density at radius 1 is 1.50 bits per heavy atom. The molecule has 0 saturated carbocycles. The van der Waals surface area contributed by atoms with Crippen molar-refractivity contribution in [1.82, 2.24) is 4.72 Å². The maximum Gasteiger partial charge on any atom is 0.240 e. The van der Waals surface area contributed by atoms with Crippen molar-refractivity contribution in [1.29, 1.82) is 0 Å². The molecule has 5 nitrogen and oxygen atoms in total. The summed E-state index contributed by atoms with van der Waals surface area (Å²) in [5.74, 6) is 0. The van der Waals surface area contributed by atoms with Crippen molar-refractivity contribution < 1.29 is 13.2 Å². The summed E-state index contributed by atoms with van der Waals surface area (Å²) in [6.07, 6.45) is 0.596. The number of sulfonamides is 1. The van der Waals surface area contributed by atoms with Gasteiger partial charge in [-0.05, 0) is 31.5 Å². The second-order valence-corrected chi connectivity index (χ2v) is 6.11. The molecule has 7 heteroatoms. The summed E-state index contributed by atoms with van der Waals surface area (Å²) < 4.78 is 31.5. The molecule has 0 aliphatic carbocycles. The molecule has 1 unspecified atom stereocenters. The van der Waals surface area contributed by atoms with Gasteiger partial charge in [-0.3, -0.25) is 0 Å². The predicted molar refractivity (Wildman–Crippen MR) is 72.1 cm³/mol. The van der Waals surface area contributed by atoms with Crippen molar-refractivity contribution in [2.45, 2.75) is 24.3 Å². The Morgan fingerprint density at radius 3 is 2.72 bits per heavy atom. The third kappa shape index (κ3) is 4.13. The first-order valence-corrected chi connectivity index (χ1v) is 7.29. The van der Waals surface area contributed by atoms with Crippen LogP contribution in [0.5, 0.6) is 0 Å². The molecule has 0 aliphatic heterocycles. The van der Waals surface area contributed by atoms with Crippen molar-refractivity contribution in [3.8, 4) is 0 Å². The fraction of sp³-hybridized carbons (Fsp3) is 0.455. The summed E-state index contributed by atoms with van der Waals surface area (Å²) >= 11 is 5.80. The molecule has 1 aromatic carbocycles. The highest BCUT2D eigenvalue weighted by atomic mass is 35.5. The molecule has 0 spiro atoms. The first-order valence-electron chi connectivity index (χ1n) is 5.43. The first-order chi connectivity index (χ1) is 8.36. The molecule has 1 rings (SSSR count). The van der Waals surface area contributed by atoms with Gasteiger partial charge in [0.15, 0.2) is 0 Å². The highest BCUT2D eigenvalue weighted by molar-refractivity contribution is 7.89. The summed E-state index contributed by atoms with van der Waals surface area (Å²) in [6, 6.07) is 4.01. The van der Waals surface area contributed by atoms with Gasteiger partial charge in [-0.2, -0.15) is 0 Å². The summed E-state index contributed by atoms with van der Waals surface area (Å²) in [5.41, 5.74) is 5.89. The van der Waals surface area contributed by atoms with Gasteiger partial charge in [-0.25, -0.2) is 13.1 Å². The van der Waals surface area contributed by atoms with E-state index in [0.29, 0.717) is 18.7 Å². The van der Waals surface area contributed by atoms with Gasteiger partial charge >= 0.3 is 0 Å². The molecule has 0 saturated heterocycles. The van der Waals surface area contributed by atoms with Crippen LogP contribution in [0.4, 0.5) is 5.69 Å². The lowest BCUT2D eigenvalue weighted by Crippen LogP contribution is -2.33. The zero-order chi connectivity index (χ0) is 13.8. The maximum absolute atomic E-state index is 12.0. The zero-order valence-corrected chi connectivity index (χ0v) is 11.9. The van der Waals surface area contributed by atoms with E-state index >= 15 is 0 Å². The van der Waals surface area contributed by atoms with E-state index in [1.54, 1.807) is 14.0 Å². The molecule has 0 fully saturated rings. The largest absolute Gasteiger partial charge is 0.398 e. The number of methoxy groups -OCH3 is 1. The molecule has 0 aliphatic rings. The van der Waals surface area contributed by atoms with Crippen LogP contribution in [0.3, 0.4) is 0 Å². The number of nitrogens with two attached hydrogens (primary N) is 1. The highest BCUT2D eigenvalue weighted by Crippen LogP contribution is 2.22. The fourth-order valence-corrected chi connectivity index (χ4v) is 2.91. The third-order valence-corrected chi connectivity index (χ3v) is 4.31. The van der Waals surface area contributed by atoms with E-state index in [-0.39, 0.29) is 16.0 Å². The minimum absolute atomic E-state index is 0.103. The molecule has 0 aromatic heterocycles. The fourth-order valence-electron chi connectivity index (χ4n) is 1.36. The predicted octanol–water partition coefficient (Wildman–Crippen LogP) is 1.63. The van der Waals surface area contributed by atoms with Crippen molar-refractivity contribution >= 4 is 27.3 Å². The second-order valence-electron chi connectivity index (χ2n) is 3.99. The third-order valence-electron chi connectivity index (χ3n) is 2.39. The lowest BCUT2D eigenvalue weighted by molar-refractivity contribution is 0.188. The molecule has 0 amide bonds. The Hall–Kier alpha value is -0.820. The SMILES string of the molecule is COCCC(C)NS(=O)(=O)c1ccc(N)c(Cl)c1. The molecule has 1 aromatic rings. The maximum atomic E-state index is 12.0. The van der Waals surface area contributed by atoms with Crippen LogP contribution in [0.15, 0.2) is 23.1 Å². The van der Waals surface area contributed by atoms with Crippen LogP contribution in [0, 0.1) is 0 Å². The van der Waals surface area contributed by atoms with Crippen molar-refractivity contribution in [2.75, 3.05) is 19.5 Å². The number of benzene rings is 1. The van der Waals surface area contributed by atoms with Crippen LogP contribution in [0.2, 0.25) is 5.02 Å².